The second kappa shape index (κ2) is 9.01. The van der Waals surface area contributed by atoms with E-state index in [0.29, 0.717) is 38.1 Å². The van der Waals surface area contributed by atoms with Crippen molar-refractivity contribution in [3.05, 3.63) is 40.8 Å². The van der Waals surface area contributed by atoms with Gasteiger partial charge < -0.3 is 14.6 Å². The summed E-state index contributed by atoms with van der Waals surface area (Å²) in [6.07, 6.45) is 3.84. The molecule has 0 aliphatic carbocycles. The maximum atomic E-state index is 12.7. The molecule has 1 amide bonds. The largest absolute Gasteiger partial charge is 0.379 e. The van der Waals surface area contributed by atoms with Crippen LogP contribution in [0.4, 0.5) is 0 Å². The minimum absolute atomic E-state index is 0.0277. The SMILES string of the molecule is CC(C)OCCCNC(=O)CCCn1c2ccccc2c2cnn(C)c(=O)c21. The Labute approximate surface area is 164 Å². The molecule has 0 unspecified atom stereocenters. The van der Waals surface area contributed by atoms with Crippen molar-refractivity contribution in [1.82, 2.24) is 19.7 Å². The molecule has 0 aliphatic heterocycles. The third-order valence-corrected chi connectivity index (χ3v) is 4.75. The Kier molecular flexibility index (Phi) is 6.46. The van der Waals surface area contributed by atoms with Gasteiger partial charge in [-0.15, -0.1) is 0 Å². The molecule has 2 aromatic heterocycles. The minimum atomic E-state index is -0.122. The van der Waals surface area contributed by atoms with E-state index in [4.69, 9.17) is 4.74 Å². The second-order valence-corrected chi connectivity index (χ2v) is 7.23. The lowest BCUT2D eigenvalue weighted by atomic mass is 10.2. The predicted octanol–water partition coefficient (Wildman–Crippen LogP) is 2.60. The molecule has 0 spiro atoms. The molecule has 3 rings (SSSR count). The Hall–Kier alpha value is -2.67. The number of nitrogens with one attached hydrogen (secondary N) is 1. The van der Waals surface area contributed by atoms with Crippen molar-refractivity contribution < 1.29 is 9.53 Å². The van der Waals surface area contributed by atoms with Gasteiger partial charge in [-0.1, -0.05) is 18.2 Å². The zero-order chi connectivity index (χ0) is 20.1. The zero-order valence-electron chi connectivity index (χ0n) is 16.8. The van der Waals surface area contributed by atoms with E-state index in [1.807, 2.05) is 42.7 Å². The maximum absolute atomic E-state index is 12.7. The molecule has 7 heteroatoms. The molecule has 0 aliphatic rings. The highest BCUT2D eigenvalue weighted by molar-refractivity contribution is 6.07. The second-order valence-electron chi connectivity index (χ2n) is 7.23. The molecular formula is C21H28N4O3. The van der Waals surface area contributed by atoms with Crippen LogP contribution in [0, 0.1) is 0 Å². The number of rotatable bonds is 9. The summed E-state index contributed by atoms with van der Waals surface area (Å²) in [7, 11) is 1.65. The molecule has 0 fully saturated rings. The van der Waals surface area contributed by atoms with E-state index in [9.17, 15) is 9.59 Å². The molecule has 28 heavy (non-hydrogen) atoms. The first kappa shape index (κ1) is 20.1. The van der Waals surface area contributed by atoms with Gasteiger partial charge in [0.15, 0.2) is 0 Å². The van der Waals surface area contributed by atoms with E-state index in [1.54, 1.807) is 13.2 Å². The molecule has 0 atom stereocenters. The third kappa shape index (κ3) is 4.42. The molecule has 0 saturated heterocycles. The first-order valence-electron chi connectivity index (χ1n) is 9.80. The fraction of sp³-hybridized carbons (Fsp3) is 0.476. The lowest BCUT2D eigenvalue weighted by molar-refractivity contribution is -0.121. The van der Waals surface area contributed by atoms with Crippen LogP contribution in [0.1, 0.15) is 33.1 Å². The summed E-state index contributed by atoms with van der Waals surface area (Å²) >= 11 is 0. The van der Waals surface area contributed by atoms with Gasteiger partial charge in [0.2, 0.25) is 5.91 Å². The first-order valence-corrected chi connectivity index (χ1v) is 9.80. The van der Waals surface area contributed by atoms with Gasteiger partial charge in [-0.25, -0.2) is 4.68 Å². The Bertz CT molecular complexity index is 1020. The van der Waals surface area contributed by atoms with E-state index in [2.05, 4.69) is 10.4 Å². The van der Waals surface area contributed by atoms with Crippen LogP contribution in [0.5, 0.6) is 0 Å². The number of benzene rings is 1. The van der Waals surface area contributed by atoms with Gasteiger partial charge in [-0.3, -0.25) is 9.59 Å². The molecule has 3 aromatic rings. The molecule has 0 saturated carbocycles. The Morgan fingerprint density at radius 3 is 2.79 bits per heavy atom. The van der Waals surface area contributed by atoms with Crippen molar-refractivity contribution in [3.63, 3.8) is 0 Å². The minimum Gasteiger partial charge on any atom is -0.379 e. The number of amides is 1. The highest BCUT2D eigenvalue weighted by Crippen LogP contribution is 2.26. The molecule has 0 bridgehead atoms. The Morgan fingerprint density at radius 2 is 2.00 bits per heavy atom. The fourth-order valence-electron chi connectivity index (χ4n) is 3.38. The number of hydrogen-bond donors (Lipinski definition) is 1. The van der Waals surface area contributed by atoms with Gasteiger partial charge in [0.05, 0.1) is 12.3 Å². The summed E-state index contributed by atoms with van der Waals surface area (Å²) in [5, 5.41) is 8.95. The third-order valence-electron chi connectivity index (χ3n) is 4.75. The molecule has 2 heterocycles. The van der Waals surface area contributed by atoms with Crippen molar-refractivity contribution in [2.75, 3.05) is 13.2 Å². The highest BCUT2D eigenvalue weighted by Gasteiger charge is 2.14. The highest BCUT2D eigenvalue weighted by atomic mass is 16.5. The van der Waals surface area contributed by atoms with Crippen LogP contribution >= 0.6 is 0 Å². The van der Waals surface area contributed by atoms with Crippen molar-refractivity contribution in [2.24, 2.45) is 7.05 Å². The summed E-state index contributed by atoms with van der Waals surface area (Å²) < 4.78 is 8.83. The zero-order valence-corrected chi connectivity index (χ0v) is 16.8. The van der Waals surface area contributed by atoms with Gasteiger partial charge in [0.25, 0.3) is 5.56 Å². The lowest BCUT2D eigenvalue weighted by Crippen LogP contribution is -2.26. The molecule has 0 radical (unpaired) electrons. The number of nitrogens with zero attached hydrogens (tertiary/aromatic N) is 3. The standard InChI is InChI=1S/C21H28N4O3/c1-15(2)28-13-7-11-22-19(26)10-6-12-25-18-9-5-4-8-16(18)17-14-23-24(3)21(27)20(17)25/h4-5,8-9,14-15H,6-7,10-13H2,1-3H3,(H,22,26). The van der Waals surface area contributed by atoms with Crippen LogP contribution < -0.4 is 10.9 Å². The average Bonchev–Trinajstić information content (AvgIpc) is 2.99. The summed E-state index contributed by atoms with van der Waals surface area (Å²) in [6, 6.07) is 7.92. The summed E-state index contributed by atoms with van der Waals surface area (Å²) in [5.74, 6) is 0.0277. The normalized spacial score (nSPS) is 11.6. The van der Waals surface area contributed by atoms with Crippen molar-refractivity contribution >= 4 is 27.7 Å². The number of aromatic nitrogens is 3. The summed E-state index contributed by atoms with van der Waals surface area (Å²) in [6.45, 7) is 5.87. The van der Waals surface area contributed by atoms with E-state index in [-0.39, 0.29) is 17.6 Å². The number of carbonyl (C=O) groups excluding carboxylic acids is 1. The molecule has 150 valence electrons. The predicted molar refractivity (Wildman–Crippen MR) is 110 cm³/mol. The van der Waals surface area contributed by atoms with Crippen LogP contribution in [0.25, 0.3) is 21.8 Å². The molecular weight excluding hydrogens is 356 g/mol. The molecule has 1 N–H and O–H groups in total. The van der Waals surface area contributed by atoms with E-state index in [1.165, 1.54) is 4.68 Å². The Morgan fingerprint density at radius 1 is 1.21 bits per heavy atom. The van der Waals surface area contributed by atoms with Crippen molar-refractivity contribution in [1.29, 1.82) is 0 Å². The van der Waals surface area contributed by atoms with Crippen LogP contribution in [0.2, 0.25) is 0 Å². The number of hydrogen-bond acceptors (Lipinski definition) is 4. The van der Waals surface area contributed by atoms with Gasteiger partial charge in [-0.2, -0.15) is 5.10 Å². The summed E-state index contributed by atoms with van der Waals surface area (Å²) in [5.41, 5.74) is 1.52. The molecule has 1 aromatic carbocycles. The van der Waals surface area contributed by atoms with Gasteiger partial charge in [-0.05, 0) is 32.8 Å². The first-order chi connectivity index (χ1) is 13.5. The topological polar surface area (TPSA) is 78.2 Å². The van der Waals surface area contributed by atoms with Crippen molar-refractivity contribution in [2.45, 2.75) is 45.8 Å². The smallest absolute Gasteiger partial charge is 0.291 e. The van der Waals surface area contributed by atoms with Crippen molar-refractivity contribution in [3.8, 4) is 0 Å². The average molecular weight is 384 g/mol. The summed E-state index contributed by atoms with van der Waals surface area (Å²) in [4.78, 5) is 24.7. The number of fused-ring (bicyclic) bond motifs is 3. The molecule has 7 nitrogen and oxygen atoms in total. The van der Waals surface area contributed by atoms with Gasteiger partial charge in [0.1, 0.15) is 5.52 Å². The quantitative estimate of drug-likeness (QED) is 0.575. The fourth-order valence-corrected chi connectivity index (χ4v) is 3.38. The lowest BCUT2D eigenvalue weighted by Gasteiger charge is -2.09. The van der Waals surface area contributed by atoms with E-state index in [0.717, 1.165) is 22.7 Å². The number of para-hydroxylation sites is 1. The van der Waals surface area contributed by atoms with Gasteiger partial charge >= 0.3 is 0 Å². The van der Waals surface area contributed by atoms with Gasteiger partial charge in [0, 0.05) is 49.5 Å². The Balaban J connectivity index is 1.65. The van der Waals surface area contributed by atoms with Crippen LogP contribution in [-0.2, 0) is 23.1 Å². The van der Waals surface area contributed by atoms with Crippen LogP contribution in [0.3, 0.4) is 0 Å². The number of carbonyl (C=O) groups is 1. The number of ether oxygens (including phenoxy) is 1. The van der Waals surface area contributed by atoms with Crippen LogP contribution in [0.15, 0.2) is 35.3 Å². The number of aryl methyl sites for hydroxylation is 2. The maximum Gasteiger partial charge on any atom is 0.291 e. The van der Waals surface area contributed by atoms with Crippen LogP contribution in [-0.4, -0.2) is 39.5 Å². The van der Waals surface area contributed by atoms with E-state index < -0.39 is 0 Å². The monoisotopic (exact) mass is 384 g/mol. The van der Waals surface area contributed by atoms with E-state index >= 15 is 0 Å².